The largest absolute Gasteiger partial charge is 0.456 e. The molecule has 2 unspecified atom stereocenters. The zero-order valence-corrected chi connectivity index (χ0v) is 36.2. The molecule has 2 heterocycles. The third kappa shape index (κ3) is 6.49. The Bertz CT molecular complexity index is 3910. The van der Waals surface area contributed by atoms with Crippen molar-refractivity contribution in [2.24, 2.45) is 11.3 Å². The molecule has 0 saturated heterocycles. The molecule has 66 heavy (non-hydrogen) atoms. The average Bonchev–Trinajstić information content (AvgIpc) is 3.76. The van der Waals surface area contributed by atoms with Gasteiger partial charge >= 0.3 is 0 Å². The first-order valence-corrected chi connectivity index (χ1v) is 22.6. The maximum atomic E-state index is 6.58. The summed E-state index contributed by atoms with van der Waals surface area (Å²) >= 11 is 0. The Morgan fingerprint density at radius 1 is 0.424 bits per heavy atom. The molecule has 9 aromatic carbocycles. The first-order valence-electron chi connectivity index (χ1n) is 22.6. The molecule has 4 nitrogen and oxygen atoms in total. The van der Waals surface area contributed by atoms with Gasteiger partial charge in [-0.3, -0.25) is 0 Å². The van der Waals surface area contributed by atoms with Gasteiger partial charge in [-0.05, 0) is 108 Å². The zero-order chi connectivity index (χ0) is 43.8. The highest BCUT2D eigenvalue weighted by molar-refractivity contribution is 6.14. The molecule has 0 amide bonds. The Morgan fingerprint density at radius 3 is 1.86 bits per heavy atom. The number of hydrogen-bond acceptors (Lipinski definition) is 4. The summed E-state index contributed by atoms with van der Waals surface area (Å²) in [5, 5.41) is 9.21. The monoisotopic (exact) mass is 843 g/mol. The highest BCUT2D eigenvalue weighted by Gasteiger charge is 2.30. The van der Waals surface area contributed by atoms with Gasteiger partial charge in [0.05, 0.1) is 0 Å². The van der Waals surface area contributed by atoms with Gasteiger partial charge in [0, 0.05) is 38.8 Å². The zero-order valence-electron chi connectivity index (χ0n) is 36.2. The number of allylic oxidation sites excluding steroid dienone is 8. The second kappa shape index (κ2) is 15.1. The number of furan rings is 1. The first-order chi connectivity index (χ1) is 32.5. The highest BCUT2D eigenvalue weighted by atomic mass is 16.3. The predicted octanol–water partition coefficient (Wildman–Crippen LogP) is 16.3. The summed E-state index contributed by atoms with van der Waals surface area (Å²) < 4.78 is 6.58. The van der Waals surface area contributed by atoms with E-state index in [1.807, 2.05) is 12.1 Å². The molecule has 13 rings (SSSR count). The van der Waals surface area contributed by atoms with Crippen LogP contribution < -0.4 is 0 Å². The van der Waals surface area contributed by atoms with Crippen LogP contribution in [-0.4, -0.2) is 15.0 Å². The fraction of sp³-hybridized carbons (Fsp3) is 0.0484. The normalized spacial score (nSPS) is 16.7. The number of hydrogen-bond donors (Lipinski definition) is 0. The highest BCUT2D eigenvalue weighted by Crippen LogP contribution is 2.45. The van der Waals surface area contributed by atoms with E-state index < -0.39 is 0 Å². The van der Waals surface area contributed by atoms with Crippen LogP contribution in [0.15, 0.2) is 229 Å². The van der Waals surface area contributed by atoms with Crippen LogP contribution in [0.4, 0.5) is 0 Å². The Morgan fingerprint density at radius 2 is 1.05 bits per heavy atom. The van der Waals surface area contributed by atoms with E-state index >= 15 is 0 Å². The van der Waals surface area contributed by atoms with Crippen molar-refractivity contribution in [3.63, 3.8) is 0 Å². The number of nitrogens with zero attached hydrogens (tertiary/aromatic N) is 3. The Labute approximate surface area is 382 Å². The number of para-hydroxylation sites is 1. The van der Waals surface area contributed by atoms with E-state index in [1.54, 1.807) is 0 Å². The molecule has 11 aromatic rings. The molecule has 0 spiro atoms. The molecule has 2 aliphatic carbocycles. The van der Waals surface area contributed by atoms with Gasteiger partial charge in [-0.25, -0.2) is 15.0 Å². The van der Waals surface area contributed by atoms with Crippen molar-refractivity contribution >= 4 is 59.8 Å². The summed E-state index contributed by atoms with van der Waals surface area (Å²) in [5.41, 5.74) is 11.4. The molecule has 0 fully saturated rings. The van der Waals surface area contributed by atoms with Gasteiger partial charge in [0.2, 0.25) is 0 Å². The fourth-order valence-corrected chi connectivity index (χ4v) is 10.1. The minimum atomic E-state index is -0.0224. The topological polar surface area (TPSA) is 51.8 Å². The molecule has 2 aromatic heterocycles. The summed E-state index contributed by atoms with van der Waals surface area (Å²) in [6.45, 7) is 2.30. The molecule has 0 bridgehead atoms. The van der Waals surface area contributed by atoms with Gasteiger partial charge in [0.1, 0.15) is 11.2 Å². The number of benzene rings is 9. The Balaban J connectivity index is 0.938. The summed E-state index contributed by atoms with van der Waals surface area (Å²) in [6, 6.07) is 64.5. The summed E-state index contributed by atoms with van der Waals surface area (Å²) in [7, 11) is 0. The molecule has 0 N–H and O–H groups in total. The van der Waals surface area contributed by atoms with Gasteiger partial charge in [-0.1, -0.05) is 189 Å². The number of rotatable bonds is 6. The van der Waals surface area contributed by atoms with Gasteiger partial charge in [0.15, 0.2) is 17.5 Å². The van der Waals surface area contributed by atoms with E-state index in [0.717, 1.165) is 77.2 Å². The van der Waals surface area contributed by atoms with Crippen molar-refractivity contribution in [2.45, 2.75) is 6.92 Å². The number of fused-ring (bicyclic) bond motifs is 8. The predicted molar refractivity (Wildman–Crippen MR) is 274 cm³/mol. The average molecular weight is 844 g/mol. The summed E-state index contributed by atoms with van der Waals surface area (Å²) in [6.07, 6.45) is 15.9. The van der Waals surface area contributed by atoms with Crippen LogP contribution in [0.2, 0.25) is 0 Å². The lowest BCUT2D eigenvalue weighted by molar-refractivity contribution is 0.454. The molecular formula is C62H41N3O. The molecule has 0 radical (unpaired) electrons. The Hall–Kier alpha value is -8.47. The lowest BCUT2D eigenvalue weighted by Gasteiger charge is -2.34. The van der Waals surface area contributed by atoms with Crippen LogP contribution in [0.1, 0.15) is 12.5 Å². The van der Waals surface area contributed by atoms with Crippen molar-refractivity contribution in [1.29, 1.82) is 0 Å². The first kappa shape index (κ1) is 38.0. The van der Waals surface area contributed by atoms with Gasteiger partial charge in [-0.15, -0.1) is 0 Å². The number of aromatic nitrogens is 3. The van der Waals surface area contributed by atoms with Crippen LogP contribution in [0, 0.1) is 11.3 Å². The van der Waals surface area contributed by atoms with Gasteiger partial charge in [-0.2, -0.15) is 0 Å². The van der Waals surface area contributed by atoms with Gasteiger partial charge in [0.25, 0.3) is 0 Å². The third-order valence-electron chi connectivity index (χ3n) is 13.7. The smallest absolute Gasteiger partial charge is 0.164 e. The van der Waals surface area contributed by atoms with Crippen molar-refractivity contribution in [1.82, 2.24) is 15.0 Å². The van der Waals surface area contributed by atoms with E-state index in [1.165, 1.54) is 27.1 Å². The van der Waals surface area contributed by atoms with Crippen LogP contribution in [0.25, 0.3) is 116 Å². The standard InChI is InChI=1S/C62H41N3O/c1-62-30-10-9-17-51(62)35-45(29-31-62)50-37-55(58-53-19-7-8-20-56(53)66-57(58)38-50)46-26-24-44-34-48(28-25-43(44)32-46)60-63-59(47-16-11-15-42(33-47)39-12-3-2-4-13-39)64-61(65-60)49-27-23-41-22-21-40-14-5-6-18-52(40)54(41)36-49/h2-38,51H,1H3. The minimum Gasteiger partial charge on any atom is -0.456 e. The maximum absolute atomic E-state index is 6.58. The second-order valence-corrected chi connectivity index (χ2v) is 17.8. The third-order valence-corrected chi connectivity index (χ3v) is 13.7. The van der Waals surface area contributed by atoms with Crippen LogP contribution in [0.5, 0.6) is 0 Å². The molecule has 2 aliphatic rings. The molecule has 4 heteroatoms. The maximum Gasteiger partial charge on any atom is 0.164 e. The van der Waals surface area contributed by atoms with Crippen molar-refractivity contribution in [3.05, 3.63) is 230 Å². The van der Waals surface area contributed by atoms with Crippen molar-refractivity contribution in [3.8, 4) is 56.4 Å². The second-order valence-electron chi connectivity index (χ2n) is 17.8. The van der Waals surface area contributed by atoms with Crippen LogP contribution in [-0.2, 0) is 0 Å². The fourth-order valence-electron chi connectivity index (χ4n) is 10.1. The van der Waals surface area contributed by atoms with Crippen LogP contribution >= 0.6 is 0 Å². The quantitative estimate of drug-likeness (QED) is 0.157. The van der Waals surface area contributed by atoms with E-state index in [9.17, 15) is 0 Å². The Kier molecular flexibility index (Phi) is 8.69. The molecule has 310 valence electrons. The van der Waals surface area contributed by atoms with E-state index in [0.29, 0.717) is 17.5 Å². The van der Waals surface area contributed by atoms with E-state index in [4.69, 9.17) is 19.4 Å². The summed E-state index contributed by atoms with van der Waals surface area (Å²) in [5.74, 6) is 2.17. The summed E-state index contributed by atoms with van der Waals surface area (Å²) in [4.78, 5) is 15.6. The van der Waals surface area contributed by atoms with Crippen LogP contribution in [0.3, 0.4) is 0 Å². The molecule has 0 saturated carbocycles. The minimum absolute atomic E-state index is 0.0224. The lowest BCUT2D eigenvalue weighted by Crippen LogP contribution is -2.23. The van der Waals surface area contributed by atoms with Crippen molar-refractivity contribution < 1.29 is 4.42 Å². The van der Waals surface area contributed by atoms with E-state index in [-0.39, 0.29) is 11.3 Å². The molecule has 2 atom stereocenters. The molecule has 0 aliphatic heterocycles. The lowest BCUT2D eigenvalue weighted by atomic mass is 9.70. The van der Waals surface area contributed by atoms with Gasteiger partial charge < -0.3 is 4.42 Å². The van der Waals surface area contributed by atoms with E-state index in [2.05, 4.69) is 219 Å². The SMILES string of the molecule is CC12C=CC=CC1C=C(c1cc(-c3ccc4cc(-c5nc(-c6cccc(-c7ccccc7)c6)nc(-c6ccc7ccc8ccccc8c7c6)n5)ccc4c3)c3c(c1)oc1ccccc13)C=C2. The molecular weight excluding hydrogens is 803 g/mol. The van der Waals surface area contributed by atoms with Crippen molar-refractivity contribution in [2.75, 3.05) is 0 Å².